The van der Waals surface area contributed by atoms with Crippen molar-refractivity contribution in [3.05, 3.63) is 0 Å². The maximum Gasteiger partial charge on any atom is 0.0466 e. The molecule has 0 aromatic rings. The van der Waals surface area contributed by atoms with E-state index in [1.165, 1.54) is 38.5 Å². The summed E-state index contributed by atoms with van der Waals surface area (Å²) < 4.78 is 5.44. The van der Waals surface area contributed by atoms with Crippen molar-refractivity contribution in [2.24, 2.45) is 11.8 Å². The highest BCUT2D eigenvalue weighted by molar-refractivity contribution is 4.81. The van der Waals surface area contributed by atoms with Gasteiger partial charge >= 0.3 is 0 Å². The van der Waals surface area contributed by atoms with Gasteiger partial charge in [0.05, 0.1) is 0 Å². The molecule has 0 aromatic carbocycles. The van der Waals surface area contributed by atoms with Crippen LogP contribution in [0.5, 0.6) is 0 Å². The molecule has 0 spiro atoms. The fraction of sp³-hybridized carbons (Fsp3) is 1.00. The van der Waals surface area contributed by atoms with E-state index in [0.717, 1.165) is 37.6 Å². The van der Waals surface area contributed by atoms with Crippen molar-refractivity contribution < 1.29 is 4.74 Å². The van der Waals surface area contributed by atoms with E-state index in [4.69, 9.17) is 4.74 Å². The zero-order chi connectivity index (χ0) is 12.5. The third kappa shape index (κ3) is 5.87. The van der Waals surface area contributed by atoms with Gasteiger partial charge in [0, 0.05) is 19.3 Å². The minimum Gasteiger partial charge on any atom is -0.382 e. The monoisotopic (exact) mass is 241 g/mol. The van der Waals surface area contributed by atoms with Gasteiger partial charge in [0.2, 0.25) is 0 Å². The van der Waals surface area contributed by atoms with Gasteiger partial charge < -0.3 is 10.1 Å². The predicted molar refractivity (Wildman–Crippen MR) is 74.3 cm³/mol. The van der Waals surface area contributed by atoms with Crippen molar-refractivity contribution in [2.75, 3.05) is 19.8 Å². The van der Waals surface area contributed by atoms with Gasteiger partial charge in [0.25, 0.3) is 0 Å². The second-order valence-corrected chi connectivity index (χ2v) is 5.54. The summed E-state index contributed by atoms with van der Waals surface area (Å²) in [4.78, 5) is 0. The molecule has 3 unspecified atom stereocenters. The standard InChI is InChI=1S/C15H31NO/c1-4-16-15(10-7-11-17-5-2)14-9-6-8-13(3)12-14/h13-16H,4-12H2,1-3H3. The Bertz CT molecular complexity index is 184. The van der Waals surface area contributed by atoms with Gasteiger partial charge in [-0.2, -0.15) is 0 Å². The lowest BCUT2D eigenvalue weighted by Crippen LogP contribution is -2.38. The fourth-order valence-electron chi connectivity index (χ4n) is 3.16. The van der Waals surface area contributed by atoms with E-state index in [1.807, 2.05) is 0 Å². The molecule has 0 amide bonds. The van der Waals surface area contributed by atoms with Crippen molar-refractivity contribution >= 4 is 0 Å². The van der Waals surface area contributed by atoms with Gasteiger partial charge in [0.15, 0.2) is 0 Å². The highest BCUT2D eigenvalue weighted by Gasteiger charge is 2.25. The summed E-state index contributed by atoms with van der Waals surface area (Å²) in [6.07, 6.45) is 8.21. The topological polar surface area (TPSA) is 21.3 Å². The summed E-state index contributed by atoms with van der Waals surface area (Å²) in [6.45, 7) is 9.60. The summed E-state index contributed by atoms with van der Waals surface area (Å²) in [7, 11) is 0. The molecule has 1 N–H and O–H groups in total. The molecular weight excluding hydrogens is 210 g/mol. The third-order valence-electron chi connectivity index (χ3n) is 4.02. The lowest BCUT2D eigenvalue weighted by Gasteiger charge is -2.34. The summed E-state index contributed by atoms with van der Waals surface area (Å²) in [6, 6.07) is 0.725. The summed E-state index contributed by atoms with van der Waals surface area (Å²) in [5.41, 5.74) is 0. The van der Waals surface area contributed by atoms with Crippen molar-refractivity contribution in [2.45, 2.75) is 65.3 Å². The number of nitrogens with one attached hydrogen (secondary N) is 1. The SMILES string of the molecule is CCNC(CCCOCC)C1CCCC(C)C1. The van der Waals surface area contributed by atoms with Crippen LogP contribution < -0.4 is 5.32 Å². The zero-order valence-corrected chi connectivity index (χ0v) is 12.0. The molecule has 3 atom stereocenters. The molecule has 0 aromatic heterocycles. The largest absolute Gasteiger partial charge is 0.382 e. The molecule has 0 saturated heterocycles. The number of hydrogen-bond donors (Lipinski definition) is 1. The molecule has 1 saturated carbocycles. The second kappa shape index (κ2) is 8.93. The molecular formula is C15H31NO. The Morgan fingerprint density at radius 3 is 2.76 bits per heavy atom. The van der Waals surface area contributed by atoms with Crippen molar-refractivity contribution in [1.82, 2.24) is 5.32 Å². The Labute approximate surface area is 108 Å². The molecule has 0 heterocycles. The lowest BCUT2D eigenvalue weighted by atomic mass is 9.77. The van der Waals surface area contributed by atoms with Gasteiger partial charge in [-0.25, -0.2) is 0 Å². The molecule has 1 rings (SSSR count). The summed E-state index contributed by atoms with van der Waals surface area (Å²) in [5.74, 6) is 1.84. The molecule has 0 aliphatic heterocycles. The smallest absolute Gasteiger partial charge is 0.0466 e. The molecule has 2 heteroatoms. The Balaban J connectivity index is 2.30. The zero-order valence-electron chi connectivity index (χ0n) is 12.0. The van der Waals surface area contributed by atoms with E-state index in [2.05, 4.69) is 26.1 Å². The van der Waals surface area contributed by atoms with Gasteiger partial charge in [-0.05, 0) is 51.0 Å². The van der Waals surface area contributed by atoms with E-state index < -0.39 is 0 Å². The highest BCUT2D eigenvalue weighted by Crippen LogP contribution is 2.32. The van der Waals surface area contributed by atoms with Crippen molar-refractivity contribution in [1.29, 1.82) is 0 Å². The van der Waals surface area contributed by atoms with Crippen LogP contribution in [0.3, 0.4) is 0 Å². The summed E-state index contributed by atoms with van der Waals surface area (Å²) >= 11 is 0. The maximum absolute atomic E-state index is 5.44. The lowest BCUT2D eigenvalue weighted by molar-refractivity contribution is 0.133. The Hall–Kier alpha value is -0.0800. The molecule has 1 fully saturated rings. The average Bonchev–Trinajstić information content (AvgIpc) is 2.33. The number of ether oxygens (including phenoxy) is 1. The van der Waals surface area contributed by atoms with Crippen LogP contribution in [0, 0.1) is 11.8 Å². The highest BCUT2D eigenvalue weighted by atomic mass is 16.5. The average molecular weight is 241 g/mol. The van der Waals surface area contributed by atoms with E-state index in [9.17, 15) is 0 Å². The van der Waals surface area contributed by atoms with Crippen LogP contribution in [0.25, 0.3) is 0 Å². The first kappa shape index (κ1) is 15.0. The van der Waals surface area contributed by atoms with Crippen LogP contribution in [-0.4, -0.2) is 25.8 Å². The number of rotatable bonds is 8. The van der Waals surface area contributed by atoms with Crippen molar-refractivity contribution in [3.8, 4) is 0 Å². The van der Waals surface area contributed by atoms with E-state index in [1.54, 1.807) is 0 Å². The first-order valence-electron chi connectivity index (χ1n) is 7.59. The van der Waals surface area contributed by atoms with Crippen LogP contribution in [0.2, 0.25) is 0 Å². The van der Waals surface area contributed by atoms with Crippen LogP contribution in [-0.2, 0) is 4.74 Å². The normalized spacial score (nSPS) is 27.0. The first-order chi connectivity index (χ1) is 8.27. The minimum atomic E-state index is 0.725. The second-order valence-electron chi connectivity index (χ2n) is 5.54. The molecule has 0 radical (unpaired) electrons. The van der Waals surface area contributed by atoms with E-state index in [-0.39, 0.29) is 0 Å². The van der Waals surface area contributed by atoms with Gasteiger partial charge in [-0.1, -0.05) is 26.7 Å². The van der Waals surface area contributed by atoms with Crippen LogP contribution in [0.15, 0.2) is 0 Å². The molecule has 2 nitrogen and oxygen atoms in total. The molecule has 0 bridgehead atoms. The minimum absolute atomic E-state index is 0.725. The quantitative estimate of drug-likeness (QED) is 0.656. The third-order valence-corrected chi connectivity index (χ3v) is 4.02. The van der Waals surface area contributed by atoms with Gasteiger partial charge in [0.1, 0.15) is 0 Å². The van der Waals surface area contributed by atoms with E-state index in [0.29, 0.717) is 0 Å². The first-order valence-corrected chi connectivity index (χ1v) is 7.59. The molecule has 1 aliphatic rings. The predicted octanol–water partition coefficient (Wildman–Crippen LogP) is 3.61. The van der Waals surface area contributed by atoms with Crippen molar-refractivity contribution in [3.63, 3.8) is 0 Å². The Morgan fingerprint density at radius 2 is 2.12 bits per heavy atom. The maximum atomic E-state index is 5.44. The summed E-state index contributed by atoms with van der Waals surface area (Å²) in [5, 5.41) is 3.69. The molecule has 102 valence electrons. The van der Waals surface area contributed by atoms with Crippen LogP contribution in [0.4, 0.5) is 0 Å². The van der Waals surface area contributed by atoms with Crippen LogP contribution in [0.1, 0.15) is 59.3 Å². The van der Waals surface area contributed by atoms with Gasteiger partial charge in [-0.15, -0.1) is 0 Å². The van der Waals surface area contributed by atoms with Gasteiger partial charge in [-0.3, -0.25) is 0 Å². The van der Waals surface area contributed by atoms with E-state index >= 15 is 0 Å². The fourth-order valence-corrected chi connectivity index (χ4v) is 3.16. The van der Waals surface area contributed by atoms with Crippen LogP contribution >= 0.6 is 0 Å². The molecule has 1 aliphatic carbocycles. The number of hydrogen-bond acceptors (Lipinski definition) is 2. The molecule has 17 heavy (non-hydrogen) atoms. The Kier molecular flexibility index (Phi) is 7.87. The Morgan fingerprint density at radius 1 is 1.29 bits per heavy atom.